The first-order valence-corrected chi connectivity index (χ1v) is 5.52. The van der Waals surface area contributed by atoms with Crippen LogP contribution in [0.5, 0.6) is 0 Å². The van der Waals surface area contributed by atoms with Crippen molar-refractivity contribution in [2.24, 2.45) is 5.92 Å². The molecule has 0 aliphatic carbocycles. The molecule has 2 N–H and O–H groups in total. The molecule has 2 heterocycles. The number of hydrogen-bond donors (Lipinski definition) is 2. The molecule has 86 valence electrons. The minimum absolute atomic E-state index is 0.230. The third kappa shape index (κ3) is 2.68. The number of rotatable bonds is 2. The van der Waals surface area contributed by atoms with Crippen LogP contribution in [-0.4, -0.2) is 61.4 Å². The fourth-order valence-corrected chi connectivity index (χ4v) is 2.33. The van der Waals surface area contributed by atoms with Crippen LogP contribution >= 0.6 is 0 Å². The van der Waals surface area contributed by atoms with Crippen molar-refractivity contribution >= 4 is 5.97 Å². The third-order valence-electron chi connectivity index (χ3n) is 3.24. The number of carbonyl (C=O) groups is 1. The molecule has 2 rings (SSSR count). The Labute approximate surface area is 89.4 Å². The van der Waals surface area contributed by atoms with Crippen LogP contribution in [0.1, 0.15) is 6.42 Å². The Balaban J connectivity index is 1.88. The fraction of sp³-hybridized carbons (Fsp3) is 0.900. The van der Waals surface area contributed by atoms with Gasteiger partial charge in [0.1, 0.15) is 0 Å². The lowest BCUT2D eigenvalue weighted by atomic mass is 9.94. The van der Waals surface area contributed by atoms with Gasteiger partial charge in [-0.2, -0.15) is 0 Å². The highest BCUT2D eigenvalue weighted by atomic mass is 16.5. The highest BCUT2D eigenvalue weighted by Crippen LogP contribution is 2.17. The summed E-state index contributed by atoms with van der Waals surface area (Å²) >= 11 is 0. The second-order valence-corrected chi connectivity index (χ2v) is 4.23. The lowest BCUT2D eigenvalue weighted by Gasteiger charge is -2.38. The molecular weight excluding hydrogens is 196 g/mol. The Morgan fingerprint density at radius 3 is 2.73 bits per heavy atom. The van der Waals surface area contributed by atoms with E-state index in [0.29, 0.717) is 12.6 Å². The summed E-state index contributed by atoms with van der Waals surface area (Å²) in [6.07, 6.45) is 0.766. The van der Waals surface area contributed by atoms with Crippen molar-refractivity contribution in [3.63, 3.8) is 0 Å². The van der Waals surface area contributed by atoms with Crippen LogP contribution in [0.2, 0.25) is 0 Å². The highest BCUT2D eigenvalue weighted by Gasteiger charge is 2.30. The number of nitrogens with one attached hydrogen (secondary N) is 1. The van der Waals surface area contributed by atoms with Crippen molar-refractivity contribution in [1.82, 2.24) is 10.2 Å². The second-order valence-electron chi connectivity index (χ2n) is 4.23. The lowest BCUT2D eigenvalue weighted by molar-refractivity contribution is -0.143. The van der Waals surface area contributed by atoms with Gasteiger partial charge in [-0.3, -0.25) is 9.69 Å². The Kier molecular flexibility index (Phi) is 3.56. The van der Waals surface area contributed by atoms with Crippen molar-refractivity contribution in [1.29, 1.82) is 0 Å². The van der Waals surface area contributed by atoms with Gasteiger partial charge in [0.05, 0.1) is 19.1 Å². The maximum Gasteiger partial charge on any atom is 0.307 e. The quantitative estimate of drug-likeness (QED) is 0.641. The van der Waals surface area contributed by atoms with Gasteiger partial charge in [0.25, 0.3) is 0 Å². The van der Waals surface area contributed by atoms with Crippen LogP contribution in [0.4, 0.5) is 0 Å². The van der Waals surface area contributed by atoms with Gasteiger partial charge >= 0.3 is 5.97 Å². The minimum Gasteiger partial charge on any atom is -0.481 e. The molecule has 0 aromatic rings. The van der Waals surface area contributed by atoms with E-state index in [-0.39, 0.29) is 5.92 Å². The van der Waals surface area contributed by atoms with Gasteiger partial charge in [0.15, 0.2) is 0 Å². The standard InChI is InChI=1S/C10H18N2O3/c13-10(14)8-5-9(7-11-6-8)12-1-3-15-4-2-12/h8-9,11H,1-7H2,(H,13,14)/t8-,9+/m1/s1. The zero-order valence-corrected chi connectivity index (χ0v) is 8.82. The number of hydrogen-bond acceptors (Lipinski definition) is 4. The molecule has 2 atom stereocenters. The molecule has 0 unspecified atom stereocenters. The first-order valence-electron chi connectivity index (χ1n) is 5.52. The largest absolute Gasteiger partial charge is 0.481 e. The number of carboxylic acids is 1. The number of nitrogens with zero attached hydrogens (tertiary/aromatic N) is 1. The molecule has 2 saturated heterocycles. The van der Waals surface area contributed by atoms with Crippen molar-refractivity contribution in [3.8, 4) is 0 Å². The molecule has 2 aliphatic rings. The summed E-state index contributed by atoms with van der Waals surface area (Å²) < 4.78 is 5.29. The first kappa shape index (κ1) is 10.9. The van der Waals surface area contributed by atoms with Gasteiger partial charge < -0.3 is 15.2 Å². The second kappa shape index (κ2) is 4.92. The smallest absolute Gasteiger partial charge is 0.307 e. The average Bonchev–Trinajstić information content (AvgIpc) is 2.30. The Hall–Kier alpha value is -0.650. The van der Waals surface area contributed by atoms with Crippen molar-refractivity contribution < 1.29 is 14.6 Å². The van der Waals surface area contributed by atoms with Gasteiger partial charge in [-0.1, -0.05) is 0 Å². The topological polar surface area (TPSA) is 61.8 Å². The normalized spacial score (nSPS) is 33.9. The van der Waals surface area contributed by atoms with Crippen LogP contribution in [0, 0.1) is 5.92 Å². The van der Waals surface area contributed by atoms with Gasteiger partial charge in [0, 0.05) is 32.2 Å². The maximum absolute atomic E-state index is 10.9. The Bertz CT molecular complexity index is 229. The van der Waals surface area contributed by atoms with Crippen molar-refractivity contribution in [2.75, 3.05) is 39.4 Å². The van der Waals surface area contributed by atoms with Crippen molar-refractivity contribution in [3.05, 3.63) is 0 Å². The lowest BCUT2D eigenvalue weighted by Crippen LogP contribution is -2.53. The molecule has 0 saturated carbocycles. The van der Waals surface area contributed by atoms with Crippen molar-refractivity contribution in [2.45, 2.75) is 12.5 Å². The van der Waals surface area contributed by atoms with Crippen LogP contribution < -0.4 is 5.32 Å². The molecule has 2 fully saturated rings. The molecule has 5 nitrogen and oxygen atoms in total. The van der Waals surface area contributed by atoms with E-state index in [1.54, 1.807) is 0 Å². The molecule has 0 aromatic heterocycles. The summed E-state index contributed by atoms with van der Waals surface area (Å²) in [4.78, 5) is 13.2. The van der Waals surface area contributed by atoms with Gasteiger partial charge in [-0.05, 0) is 6.42 Å². The van der Waals surface area contributed by atoms with E-state index in [4.69, 9.17) is 9.84 Å². The van der Waals surface area contributed by atoms with E-state index in [1.807, 2.05) is 0 Å². The molecule has 0 bridgehead atoms. The summed E-state index contributed by atoms with van der Waals surface area (Å²) in [5.74, 6) is -0.910. The summed E-state index contributed by atoms with van der Waals surface area (Å²) in [6, 6.07) is 0.365. The SMILES string of the molecule is O=C(O)[C@H]1CNC[C@@H](N2CCOCC2)C1. The predicted molar refractivity (Wildman–Crippen MR) is 54.8 cm³/mol. The third-order valence-corrected chi connectivity index (χ3v) is 3.24. The van der Waals surface area contributed by atoms with Crippen LogP contribution in [0.15, 0.2) is 0 Å². The molecule has 0 aromatic carbocycles. The molecule has 15 heavy (non-hydrogen) atoms. The van der Waals surface area contributed by atoms with Gasteiger partial charge in [0.2, 0.25) is 0 Å². The van der Waals surface area contributed by atoms with E-state index in [1.165, 1.54) is 0 Å². The van der Waals surface area contributed by atoms with E-state index < -0.39 is 5.97 Å². The number of aliphatic carboxylic acids is 1. The average molecular weight is 214 g/mol. The monoisotopic (exact) mass is 214 g/mol. The molecule has 5 heteroatoms. The maximum atomic E-state index is 10.9. The van der Waals surface area contributed by atoms with Crippen LogP contribution in [-0.2, 0) is 9.53 Å². The van der Waals surface area contributed by atoms with E-state index >= 15 is 0 Å². The summed E-state index contributed by atoms with van der Waals surface area (Å²) in [7, 11) is 0. The zero-order chi connectivity index (χ0) is 10.7. The van der Waals surface area contributed by atoms with Gasteiger partial charge in [-0.15, -0.1) is 0 Å². The number of carboxylic acid groups (broad SMARTS) is 1. The molecule has 2 aliphatic heterocycles. The molecule has 0 radical (unpaired) electrons. The summed E-state index contributed by atoms with van der Waals surface area (Å²) in [5.41, 5.74) is 0. The molecule has 0 amide bonds. The summed E-state index contributed by atoms with van der Waals surface area (Å²) in [5, 5.41) is 12.2. The number of morpholine rings is 1. The molecule has 0 spiro atoms. The zero-order valence-electron chi connectivity index (χ0n) is 8.82. The Morgan fingerprint density at radius 1 is 1.33 bits per heavy atom. The first-order chi connectivity index (χ1) is 7.27. The van der Waals surface area contributed by atoms with Crippen LogP contribution in [0.3, 0.4) is 0 Å². The minimum atomic E-state index is -0.680. The van der Waals surface area contributed by atoms with E-state index in [9.17, 15) is 4.79 Å². The van der Waals surface area contributed by atoms with E-state index in [0.717, 1.165) is 39.3 Å². The fourth-order valence-electron chi connectivity index (χ4n) is 2.33. The number of piperidine rings is 1. The van der Waals surface area contributed by atoms with E-state index in [2.05, 4.69) is 10.2 Å². The molecular formula is C10H18N2O3. The number of ether oxygens (including phenoxy) is 1. The predicted octanol–water partition coefficient (Wildman–Crippen LogP) is -0.619. The van der Waals surface area contributed by atoms with Gasteiger partial charge in [-0.25, -0.2) is 0 Å². The summed E-state index contributed by atoms with van der Waals surface area (Å²) in [6.45, 7) is 4.92. The Morgan fingerprint density at radius 2 is 2.07 bits per heavy atom. The van der Waals surface area contributed by atoms with Crippen LogP contribution in [0.25, 0.3) is 0 Å². The highest BCUT2D eigenvalue weighted by molar-refractivity contribution is 5.70.